The summed E-state index contributed by atoms with van der Waals surface area (Å²) >= 11 is 0. The van der Waals surface area contributed by atoms with Gasteiger partial charge in [0.15, 0.2) is 18.2 Å². The van der Waals surface area contributed by atoms with Crippen molar-refractivity contribution >= 4 is 5.91 Å². The fourth-order valence-electron chi connectivity index (χ4n) is 1.53. The molecular weight excluding hydrogens is 265 g/mol. The molecule has 1 aromatic rings. The van der Waals surface area contributed by atoms with Gasteiger partial charge in [0, 0.05) is 20.3 Å². The van der Waals surface area contributed by atoms with E-state index in [9.17, 15) is 14.3 Å². The maximum Gasteiger partial charge on any atom is 0.257 e. The van der Waals surface area contributed by atoms with Crippen molar-refractivity contribution in [3.8, 4) is 5.75 Å². The molecule has 0 aliphatic rings. The van der Waals surface area contributed by atoms with Crippen molar-refractivity contribution in [1.29, 1.82) is 0 Å². The smallest absolute Gasteiger partial charge is 0.257 e. The maximum absolute atomic E-state index is 13.6. The van der Waals surface area contributed by atoms with Crippen molar-refractivity contribution in [2.24, 2.45) is 0 Å². The molecule has 1 atom stereocenters. The number of aliphatic hydroxyl groups excluding tert-OH is 1. The van der Waals surface area contributed by atoms with E-state index in [2.05, 4.69) is 5.32 Å². The molecule has 2 N–H and O–H groups in total. The van der Waals surface area contributed by atoms with E-state index in [0.29, 0.717) is 25.1 Å². The number of hydrogen-bond donors (Lipinski definition) is 2. The molecule has 112 valence electrons. The highest BCUT2D eigenvalue weighted by molar-refractivity contribution is 5.77. The van der Waals surface area contributed by atoms with Crippen molar-refractivity contribution in [2.45, 2.75) is 19.4 Å². The predicted molar refractivity (Wildman–Crippen MR) is 72.0 cm³/mol. The zero-order chi connectivity index (χ0) is 15.0. The largest absolute Gasteiger partial charge is 0.481 e. The highest BCUT2D eigenvalue weighted by atomic mass is 19.1. The number of amides is 1. The molecule has 0 radical (unpaired) electrons. The summed E-state index contributed by atoms with van der Waals surface area (Å²) in [5.41, 5.74) is 0.457. The molecule has 1 unspecified atom stereocenters. The Morgan fingerprint density at radius 3 is 2.85 bits per heavy atom. The topological polar surface area (TPSA) is 67.8 Å². The number of hydrogen-bond acceptors (Lipinski definition) is 4. The molecule has 0 heterocycles. The van der Waals surface area contributed by atoms with Crippen LogP contribution in [0.2, 0.25) is 0 Å². The third-order valence-corrected chi connectivity index (χ3v) is 2.64. The zero-order valence-electron chi connectivity index (χ0n) is 11.7. The second-order valence-electron chi connectivity index (χ2n) is 4.35. The standard InChI is InChI=1S/C14H20FNO4/c1-10(17)11-4-5-13(12(15)8-11)20-9-14(18)16-6-3-7-19-2/h4-5,8,10,17H,3,6-7,9H2,1-2H3,(H,16,18). The van der Waals surface area contributed by atoms with Gasteiger partial charge in [0.2, 0.25) is 0 Å². The fourth-order valence-corrected chi connectivity index (χ4v) is 1.53. The fraction of sp³-hybridized carbons (Fsp3) is 0.500. The molecule has 0 bridgehead atoms. The summed E-state index contributed by atoms with van der Waals surface area (Å²) in [4.78, 5) is 11.4. The lowest BCUT2D eigenvalue weighted by molar-refractivity contribution is -0.123. The molecule has 0 aliphatic carbocycles. The first-order valence-electron chi connectivity index (χ1n) is 6.40. The van der Waals surface area contributed by atoms with Crippen LogP contribution >= 0.6 is 0 Å². The molecule has 0 saturated heterocycles. The van der Waals surface area contributed by atoms with Crippen LogP contribution in [0, 0.1) is 5.82 Å². The van der Waals surface area contributed by atoms with Crippen molar-refractivity contribution < 1.29 is 23.8 Å². The highest BCUT2D eigenvalue weighted by Gasteiger charge is 2.09. The molecule has 0 fully saturated rings. The van der Waals surface area contributed by atoms with Gasteiger partial charge in [-0.15, -0.1) is 0 Å². The summed E-state index contributed by atoms with van der Waals surface area (Å²) in [6, 6.07) is 4.14. The van der Waals surface area contributed by atoms with Crippen LogP contribution in [-0.2, 0) is 9.53 Å². The SMILES string of the molecule is COCCCNC(=O)COc1ccc(C(C)O)cc1F. The molecular formula is C14H20FNO4. The average molecular weight is 285 g/mol. The Morgan fingerprint density at radius 1 is 1.50 bits per heavy atom. The van der Waals surface area contributed by atoms with Gasteiger partial charge in [-0.1, -0.05) is 6.07 Å². The summed E-state index contributed by atoms with van der Waals surface area (Å²) in [7, 11) is 1.59. The number of halogens is 1. The first kappa shape index (κ1) is 16.4. The van der Waals surface area contributed by atoms with Gasteiger partial charge in [-0.05, 0) is 31.0 Å². The molecule has 1 aromatic carbocycles. The highest BCUT2D eigenvalue weighted by Crippen LogP contribution is 2.21. The van der Waals surface area contributed by atoms with Crippen LogP contribution < -0.4 is 10.1 Å². The second kappa shape index (κ2) is 8.50. The lowest BCUT2D eigenvalue weighted by atomic mass is 10.1. The third-order valence-electron chi connectivity index (χ3n) is 2.64. The van der Waals surface area contributed by atoms with E-state index in [1.54, 1.807) is 20.1 Å². The Hall–Kier alpha value is -1.66. The minimum absolute atomic E-state index is 0.0126. The van der Waals surface area contributed by atoms with E-state index in [1.807, 2.05) is 0 Å². The van der Waals surface area contributed by atoms with E-state index in [1.165, 1.54) is 12.1 Å². The van der Waals surface area contributed by atoms with Crippen LogP contribution in [0.1, 0.15) is 25.0 Å². The van der Waals surface area contributed by atoms with Gasteiger partial charge in [-0.3, -0.25) is 4.79 Å². The predicted octanol–water partition coefficient (Wildman–Crippen LogP) is 1.41. The van der Waals surface area contributed by atoms with Crippen molar-refractivity contribution in [3.05, 3.63) is 29.6 Å². The van der Waals surface area contributed by atoms with E-state index >= 15 is 0 Å². The average Bonchev–Trinajstić information content (AvgIpc) is 2.42. The number of methoxy groups -OCH3 is 1. The van der Waals surface area contributed by atoms with Gasteiger partial charge in [0.25, 0.3) is 5.91 Å². The van der Waals surface area contributed by atoms with Crippen LogP contribution in [0.5, 0.6) is 5.75 Å². The molecule has 0 aliphatic heterocycles. The van der Waals surface area contributed by atoms with Crippen LogP contribution in [0.4, 0.5) is 4.39 Å². The Balaban J connectivity index is 2.39. The monoisotopic (exact) mass is 285 g/mol. The van der Waals surface area contributed by atoms with Gasteiger partial charge in [-0.2, -0.15) is 0 Å². The second-order valence-corrected chi connectivity index (χ2v) is 4.35. The van der Waals surface area contributed by atoms with Crippen molar-refractivity contribution in [1.82, 2.24) is 5.32 Å². The number of benzene rings is 1. The molecule has 0 spiro atoms. The minimum atomic E-state index is -0.748. The Kier molecular flexibility index (Phi) is 6.97. The molecule has 0 aromatic heterocycles. The number of nitrogens with one attached hydrogen (secondary N) is 1. The molecule has 1 amide bonds. The first-order chi connectivity index (χ1) is 9.54. The molecule has 6 heteroatoms. The van der Waals surface area contributed by atoms with Crippen LogP contribution in [0.15, 0.2) is 18.2 Å². The molecule has 20 heavy (non-hydrogen) atoms. The van der Waals surface area contributed by atoms with Crippen molar-refractivity contribution in [3.63, 3.8) is 0 Å². The van der Waals surface area contributed by atoms with Gasteiger partial charge < -0.3 is 19.9 Å². The number of aliphatic hydroxyl groups is 1. The number of rotatable bonds is 8. The van der Waals surface area contributed by atoms with Gasteiger partial charge in [-0.25, -0.2) is 4.39 Å². The number of carbonyl (C=O) groups is 1. The lowest BCUT2D eigenvalue weighted by Gasteiger charge is -2.10. The quantitative estimate of drug-likeness (QED) is 0.709. The van der Waals surface area contributed by atoms with E-state index in [4.69, 9.17) is 9.47 Å². The Morgan fingerprint density at radius 2 is 2.25 bits per heavy atom. The summed E-state index contributed by atoms with van der Waals surface area (Å²) in [5.74, 6) is -0.933. The maximum atomic E-state index is 13.6. The van der Waals surface area contributed by atoms with E-state index in [-0.39, 0.29) is 18.3 Å². The van der Waals surface area contributed by atoms with Gasteiger partial charge >= 0.3 is 0 Å². The van der Waals surface area contributed by atoms with E-state index in [0.717, 1.165) is 0 Å². The molecule has 1 rings (SSSR count). The van der Waals surface area contributed by atoms with Crippen LogP contribution in [0.25, 0.3) is 0 Å². The molecule has 0 saturated carbocycles. The summed E-state index contributed by atoms with van der Waals surface area (Å²) in [6.07, 6.45) is -0.0395. The van der Waals surface area contributed by atoms with Gasteiger partial charge in [0.05, 0.1) is 6.10 Å². The Labute approximate surface area is 117 Å². The van der Waals surface area contributed by atoms with Crippen LogP contribution in [0.3, 0.4) is 0 Å². The number of carbonyl (C=O) groups excluding carboxylic acids is 1. The number of ether oxygens (including phenoxy) is 2. The normalized spacial score (nSPS) is 12.0. The summed E-state index contributed by atoms with van der Waals surface area (Å²) in [5, 5.41) is 11.9. The van der Waals surface area contributed by atoms with Crippen molar-refractivity contribution in [2.75, 3.05) is 26.9 Å². The lowest BCUT2D eigenvalue weighted by Crippen LogP contribution is -2.30. The van der Waals surface area contributed by atoms with Gasteiger partial charge in [0.1, 0.15) is 0 Å². The summed E-state index contributed by atoms with van der Waals surface area (Å²) in [6.45, 7) is 2.34. The third kappa shape index (κ3) is 5.54. The van der Waals surface area contributed by atoms with Crippen LogP contribution in [-0.4, -0.2) is 37.9 Å². The van der Waals surface area contributed by atoms with E-state index < -0.39 is 11.9 Å². The summed E-state index contributed by atoms with van der Waals surface area (Å²) < 4.78 is 23.6. The Bertz CT molecular complexity index is 437. The first-order valence-corrected chi connectivity index (χ1v) is 6.40. The minimum Gasteiger partial charge on any atom is -0.481 e. The molecule has 5 nitrogen and oxygen atoms in total. The zero-order valence-corrected chi connectivity index (χ0v) is 11.7.